The zero-order valence-electron chi connectivity index (χ0n) is 18.2. The summed E-state index contributed by atoms with van der Waals surface area (Å²) < 4.78 is 5.49. The first-order valence-electron chi connectivity index (χ1n) is 10.6. The third-order valence-electron chi connectivity index (χ3n) is 5.38. The van der Waals surface area contributed by atoms with E-state index in [0.717, 1.165) is 28.5 Å². The van der Waals surface area contributed by atoms with E-state index in [1.165, 1.54) is 13.2 Å². The molecule has 0 unspecified atom stereocenters. The third kappa shape index (κ3) is 6.07. The van der Waals surface area contributed by atoms with Gasteiger partial charge in [0, 0.05) is 54.2 Å². The lowest BCUT2D eigenvalue weighted by molar-refractivity contribution is -0.384. The van der Waals surface area contributed by atoms with Gasteiger partial charge >= 0.3 is 0 Å². The van der Waals surface area contributed by atoms with Crippen molar-refractivity contribution in [2.75, 3.05) is 13.7 Å². The van der Waals surface area contributed by atoms with Crippen molar-refractivity contribution in [3.63, 3.8) is 0 Å². The molecule has 4 N–H and O–H groups in total. The van der Waals surface area contributed by atoms with E-state index in [2.05, 4.69) is 10.3 Å². The smallest absolute Gasteiger partial charge is 0.270 e. The van der Waals surface area contributed by atoms with Crippen LogP contribution in [0.25, 0.3) is 10.9 Å². The van der Waals surface area contributed by atoms with Crippen LogP contribution in [-0.4, -0.2) is 40.6 Å². The number of hydrogen-bond acceptors (Lipinski definition) is 6. The number of methoxy groups -OCH3 is 1. The molecule has 1 heterocycles. The molecular formula is C23H26N4O6. The number of aromatic amines is 1. The van der Waals surface area contributed by atoms with E-state index in [4.69, 9.17) is 9.94 Å². The Hall–Kier alpha value is -3.92. The SMILES string of the molecule is COc1cc(C(=O)NCCCCCC(=O)NO)ccc1Cc1c[nH]c2ccc([N+](=O)[O-])cc12. The minimum atomic E-state index is -0.421. The fraction of sp³-hybridized carbons (Fsp3) is 0.304. The predicted octanol–water partition coefficient (Wildman–Crippen LogP) is 3.47. The van der Waals surface area contributed by atoms with E-state index in [0.29, 0.717) is 37.1 Å². The van der Waals surface area contributed by atoms with Gasteiger partial charge in [-0.15, -0.1) is 0 Å². The van der Waals surface area contributed by atoms with Gasteiger partial charge < -0.3 is 15.0 Å². The van der Waals surface area contributed by atoms with Crippen LogP contribution in [-0.2, 0) is 11.2 Å². The minimum Gasteiger partial charge on any atom is -0.496 e. The highest BCUT2D eigenvalue weighted by Crippen LogP contribution is 2.29. The fourth-order valence-corrected chi connectivity index (χ4v) is 3.61. The fourth-order valence-electron chi connectivity index (χ4n) is 3.61. The molecule has 2 amide bonds. The van der Waals surface area contributed by atoms with Crippen molar-refractivity contribution in [3.8, 4) is 5.75 Å². The van der Waals surface area contributed by atoms with E-state index in [1.807, 2.05) is 12.3 Å². The summed E-state index contributed by atoms with van der Waals surface area (Å²) in [6.45, 7) is 0.470. The molecule has 0 fully saturated rings. The molecule has 0 atom stereocenters. The van der Waals surface area contributed by atoms with Gasteiger partial charge in [-0.05, 0) is 42.2 Å². The Kier molecular flexibility index (Phi) is 7.98. The zero-order valence-corrected chi connectivity index (χ0v) is 18.2. The molecule has 0 saturated heterocycles. The number of hydroxylamine groups is 1. The summed E-state index contributed by atoms with van der Waals surface area (Å²) in [5, 5.41) is 23.2. The number of amides is 2. The highest BCUT2D eigenvalue weighted by Gasteiger charge is 2.14. The molecule has 2 aromatic carbocycles. The molecule has 0 aliphatic heterocycles. The summed E-state index contributed by atoms with van der Waals surface area (Å²) in [6.07, 6.45) is 4.63. The number of aromatic nitrogens is 1. The predicted molar refractivity (Wildman–Crippen MR) is 121 cm³/mol. The second kappa shape index (κ2) is 11.1. The topological polar surface area (TPSA) is 147 Å². The molecule has 10 nitrogen and oxygen atoms in total. The van der Waals surface area contributed by atoms with E-state index in [-0.39, 0.29) is 18.0 Å². The van der Waals surface area contributed by atoms with E-state index < -0.39 is 10.8 Å². The number of hydrogen-bond donors (Lipinski definition) is 4. The molecule has 0 aliphatic rings. The van der Waals surface area contributed by atoms with Crippen molar-refractivity contribution in [2.45, 2.75) is 32.1 Å². The maximum absolute atomic E-state index is 12.5. The number of fused-ring (bicyclic) bond motifs is 1. The van der Waals surface area contributed by atoms with Crippen LogP contribution in [0, 0.1) is 10.1 Å². The summed E-state index contributed by atoms with van der Waals surface area (Å²) >= 11 is 0. The van der Waals surface area contributed by atoms with Gasteiger partial charge in [-0.1, -0.05) is 12.5 Å². The lowest BCUT2D eigenvalue weighted by Gasteiger charge is -2.11. The molecule has 3 aromatic rings. The highest BCUT2D eigenvalue weighted by atomic mass is 16.6. The molecule has 3 rings (SSSR count). The first kappa shape index (κ1) is 23.7. The number of nitrogens with zero attached hydrogens (tertiary/aromatic N) is 1. The van der Waals surface area contributed by atoms with E-state index in [9.17, 15) is 19.7 Å². The first-order chi connectivity index (χ1) is 15.9. The number of rotatable bonds is 11. The average Bonchev–Trinajstić information content (AvgIpc) is 3.23. The Labute approximate surface area is 190 Å². The Morgan fingerprint density at radius 2 is 1.94 bits per heavy atom. The summed E-state index contributed by atoms with van der Waals surface area (Å²) in [5.41, 5.74) is 4.63. The molecule has 0 spiro atoms. The molecule has 0 radical (unpaired) electrons. The number of nitro benzene ring substituents is 1. The van der Waals surface area contributed by atoms with E-state index >= 15 is 0 Å². The zero-order chi connectivity index (χ0) is 23.8. The van der Waals surface area contributed by atoms with Gasteiger partial charge in [0.25, 0.3) is 11.6 Å². The quantitative estimate of drug-likeness (QED) is 0.151. The third-order valence-corrected chi connectivity index (χ3v) is 5.38. The van der Waals surface area contributed by atoms with Gasteiger partial charge in [-0.2, -0.15) is 0 Å². The number of nitro groups is 1. The second-order valence-corrected chi connectivity index (χ2v) is 7.61. The van der Waals surface area contributed by atoms with Crippen molar-refractivity contribution in [2.24, 2.45) is 0 Å². The number of carbonyl (C=O) groups excluding carboxylic acids is 2. The Bertz CT molecular complexity index is 1160. The highest BCUT2D eigenvalue weighted by molar-refractivity contribution is 5.94. The van der Waals surface area contributed by atoms with Crippen molar-refractivity contribution < 1.29 is 24.5 Å². The van der Waals surface area contributed by atoms with Gasteiger partial charge in [-0.25, -0.2) is 5.48 Å². The molecule has 0 aliphatic carbocycles. The maximum atomic E-state index is 12.5. The van der Waals surface area contributed by atoms with Gasteiger partial charge in [0.15, 0.2) is 0 Å². The van der Waals surface area contributed by atoms with Crippen LogP contribution in [0.3, 0.4) is 0 Å². The maximum Gasteiger partial charge on any atom is 0.270 e. The van der Waals surface area contributed by atoms with Crippen LogP contribution in [0.1, 0.15) is 47.2 Å². The van der Waals surface area contributed by atoms with Crippen LogP contribution in [0.5, 0.6) is 5.75 Å². The molecule has 0 bridgehead atoms. The molecule has 10 heteroatoms. The largest absolute Gasteiger partial charge is 0.496 e. The van der Waals surface area contributed by atoms with Gasteiger partial charge in [0.05, 0.1) is 12.0 Å². The molecule has 1 aromatic heterocycles. The lowest BCUT2D eigenvalue weighted by Crippen LogP contribution is -2.24. The number of ether oxygens (including phenoxy) is 1. The number of H-pyrrole nitrogens is 1. The average molecular weight is 454 g/mol. The normalized spacial score (nSPS) is 10.7. The molecular weight excluding hydrogens is 428 g/mol. The Morgan fingerprint density at radius 3 is 2.67 bits per heavy atom. The number of unbranched alkanes of at least 4 members (excludes halogenated alkanes) is 2. The number of nitrogens with one attached hydrogen (secondary N) is 3. The standard InChI is InChI=1S/C23H26N4O6/c1-33-21-12-16(23(29)24-10-4-2-3-5-22(28)26-30)7-6-15(21)11-17-14-25-20-9-8-18(27(31)32)13-19(17)20/h6-9,12-14,25,30H,2-5,10-11H2,1H3,(H,24,29)(H,26,28). The van der Waals surface area contributed by atoms with Crippen molar-refractivity contribution in [3.05, 3.63) is 69.4 Å². The summed E-state index contributed by atoms with van der Waals surface area (Å²) in [5.74, 6) is -0.0924. The Balaban J connectivity index is 1.63. The minimum absolute atomic E-state index is 0.0268. The molecule has 0 saturated carbocycles. The molecule has 33 heavy (non-hydrogen) atoms. The number of non-ortho nitro benzene ring substituents is 1. The van der Waals surface area contributed by atoms with Crippen molar-refractivity contribution in [1.29, 1.82) is 0 Å². The number of benzene rings is 2. The first-order valence-corrected chi connectivity index (χ1v) is 10.6. The van der Waals surface area contributed by atoms with Gasteiger partial charge in [-0.3, -0.25) is 24.9 Å². The molecule has 174 valence electrons. The second-order valence-electron chi connectivity index (χ2n) is 7.61. The van der Waals surface area contributed by atoms with Crippen LogP contribution in [0.2, 0.25) is 0 Å². The van der Waals surface area contributed by atoms with Crippen LogP contribution < -0.4 is 15.5 Å². The summed E-state index contributed by atoms with van der Waals surface area (Å²) in [7, 11) is 1.53. The summed E-state index contributed by atoms with van der Waals surface area (Å²) in [4.78, 5) is 37.3. The number of carbonyl (C=O) groups is 2. The van der Waals surface area contributed by atoms with Crippen LogP contribution >= 0.6 is 0 Å². The van der Waals surface area contributed by atoms with Crippen molar-refractivity contribution >= 4 is 28.4 Å². The van der Waals surface area contributed by atoms with Gasteiger partial charge in [0.2, 0.25) is 5.91 Å². The van der Waals surface area contributed by atoms with Crippen LogP contribution in [0.15, 0.2) is 42.6 Å². The monoisotopic (exact) mass is 454 g/mol. The van der Waals surface area contributed by atoms with Crippen LogP contribution in [0.4, 0.5) is 5.69 Å². The lowest BCUT2D eigenvalue weighted by atomic mass is 10.0. The van der Waals surface area contributed by atoms with Gasteiger partial charge in [0.1, 0.15) is 5.75 Å². The Morgan fingerprint density at radius 1 is 1.12 bits per heavy atom. The summed E-state index contributed by atoms with van der Waals surface area (Å²) in [6, 6.07) is 9.90. The van der Waals surface area contributed by atoms with Crippen molar-refractivity contribution in [1.82, 2.24) is 15.8 Å². The van der Waals surface area contributed by atoms with E-state index in [1.54, 1.807) is 29.7 Å².